The summed E-state index contributed by atoms with van der Waals surface area (Å²) in [5, 5.41) is 16.8. The van der Waals surface area contributed by atoms with Crippen molar-refractivity contribution in [3.05, 3.63) is 0 Å². The summed E-state index contributed by atoms with van der Waals surface area (Å²) in [5.74, 6) is -0.527. The van der Waals surface area contributed by atoms with Crippen LogP contribution < -0.4 is 0 Å². The minimum Gasteiger partial charge on any atom is -0.481 e. The summed E-state index contributed by atoms with van der Waals surface area (Å²) >= 11 is 0. The van der Waals surface area contributed by atoms with Crippen LogP contribution in [0.1, 0.15) is 26.2 Å². The maximum Gasteiger partial charge on any atom is 0.306 e. The molecule has 1 saturated carbocycles. The zero-order chi connectivity index (χ0) is 8.77. The molecular formula is C8H12N2O2. The second-order valence-corrected chi connectivity index (χ2v) is 3.79. The third-order valence-electron chi connectivity index (χ3n) is 2.99. The molecule has 0 aromatic heterocycles. The van der Waals surface area contributed by atoms with E-state index in [2.05, 4.69) is 10.2 Å². The van der Waals surface area contributed by atoms with Crippen molar-refractivity contribution in [3.63, 3.8) is 0 Å². The molecule has 1 heterocycles. The molecule has 1 aliphatic heterocycles. The van der Waals surface area contributed by atoms with Crippen LogP contribution in [0.5, 0.6) is 0 Å². The lowest BCUT2D eigenvalue weighted by Gasteiger charge is -2.28. The summed E-state index contributed by atoms with van der Waals surface area (Å²) in [7, 11) is 0. The van der Waals surface area contributed by atoms with E-state index in [0.29, 0.717) is 5.92 Å². The Kier molecular flexibility index (Phi) is 1.46. The molecule has 66 valence electrons. The molecule has 0 aromatic rings. The number of carboxylic acids is 1. The van der Waals surface area contributed by atoms with Crippen LogP contribution in [0.4, 0.5) is 0 Å². The van der Waals surface area contributed by atoms with Crippen molar-refractivity contribution in [2.24, 2.45) is 22.1 Å². The largest absolute Gasteiger partial charge is 0.481 e. The van der Waals surface area contributed by atoms with E-state index in [0.717, 1.165) is 19.3 Å². The molecule has 2 rings (SSSR count). The molecule has 2 atom stereocenters. The fraction of sp³-hybridized carbons (Fsp3) is 0.875. The van der Waals surface area contributed by atoms with E-state index < -0.39 is 5.97 Å². The molecule has 4 heteroatoms. The van der Waals surface area contributed by atoms with Crippen LogP contribution in [0.3, 0.4) is 0 Å². The van der Waals surface area contributed by atoms with Crippen molar-refractivity contribution in [2.45, 2.75) is 31.8 Å². The summed E-state index contributed by atoms with van der Waals surface area (Å²) in [6, 6.07) is 0. The maximum absolute atomic E-state index is 10.7. The van der Waals surface area contributed by atoms with Gasteiger partial charge in [0.25, 0.3) is 0 Å². The van der Waals surface area contributed by atoms with E-state index in [1.165, 1.54) is 0 Å². The molecule has 0 bridgehead atoms. The summed E-state index contributed by atoms with van der Waals surface area (Å²) in [6.45, 7) is 2.04. The molecule has 0 amide bonds. The molecule has 2 unspecified atom stereocenters. The molecule has 0 radical (unpaired) electrons. The Bertz CT molecular complexity index is 243. The summed E-state index contributed by atoms with van der Waals surface area (Å²) in [6.07, 6.45) is 2.28. The zero-order valence-electron chi connectivity index (χ0n) is 7.03. The van der Waals surface area contributed by atoms with Crippen LogP contribution >= 0.6 is 0 Å². The molecule has 12 heavy (non-hydrogen) atoms. The van der Waals surface area contributed by atoms with Crippen molar-refractivity contribution in [1.29, 1.82) is 0 Å². The van der Waals surface area contributed by atoms with E-state index in [4.69, 9.17) is 5.11 Å². The Balaban J connectivity index is 1.99. The third kappa shape index (κ3) is 1.02. The van der Waals surface area contributed by atoms with Gasteiger partial charge in [-0.05, 0) is 19.3 Å². The number of nitrogens with zero attached hydrogens (tertiary/aromatic N) is 2. The van der Waals surface area contributed by atoms with Crippen LogP contribution in [-0.4, -0.2) is 16.7 Å². The zero-order valence-corrected chi connectivity index (χ0v) is 7.03. The molecule has 1 N–H and O–H groups in total. The van der Waals surface area contributed by atoms with Crippen molar-refractivity contribution < 1.29 is 9.90 Å². The van der Waals surface area contributed by atoms with Crippen LogP contribution in [0.2, 0.25) is 0 Å². The highest BCUT2D eigenvalue weighted by molar-refractivity contribution is 5.70. The third-order valence-corrected chi connectivity index (χ3v) is 2.99. The lowest BCUT2D eigenvalue weighted by Crippen LogP contribution is -2.33. The lowest BCUT2D eigenvalue weighted by atomic mass is 9.77. The standard InChI is InChI=1S/C8H12N2O2/c1-5-4-6(7(11)12)2-3-8(5)9-10-8/h5-6H,2-4H2,1H3,(H,11,12). The second-order valence-electron chi connectivity index (χ2n) is 3.79. The quantitative estimate of drug-likeness (QED) is 0.647. The van der Waals surface area contributed by atoms with Gasteiger partial charge in [-0.3, -0.25) is 4.79 Å². The predicted molar refractivity (Wildman–Crippen MR) is 41.7 cm³/mol. The Labute approximate surface area is 70.7 Å². The minimum atomic E-state index is -0.669. The molecule has 4 nitrogen and oxygen atoms in total. The average Bonchev–Trinajstić information content (AvgIpc) is 2.76. The van der Waals surface area contributed by atoms with Crippen LogP contribution in [0.25, 0.3) is 0 Å². The van der Waals surface area contributed by atoms with E-state index in [9.17, 15) is 4.79 Å². The van der Waals surface area contributed by atoms with Gasteiger partial charge in [0.15, 0.2) is 5.66 Å². The first-order valence-electron chi connectivity index (χ1n) is 4.31. The summed E-state index contributed by atoms with van der Waals surface area (Å²) < 4.78 is 0. The number of hydrogen-bond donors (Lipinski definition) is 1. The molecule has 1 fully saturated rings. The topological polar surface area (TPSA) is 62.0 Å². The lowest BCUT2D eigenvalue weighted by molar-refractivity contribution is -0.143. The Morgan fingerprint density at radius 3 is 2.67 bits per heavy atom. The second kappa shape index (κ2) is 2.28. The number of hydrogen-bond acceptors (Lipinski definition) is 3. The highest BCUT2D eigenvalue weighted by Crippen LogP contribution is 2.48. The van der Waals surface area contributed by atoms with E-state index >= 15 is 0 Å². The minimum absolute atomic E-state index is 0.161. The number of rotatable bonds is 1. The van der Waals surface area contributed by atoms with Gasteiger partial charge in [0, 0.05) is 5.92 Å². The van der Waals surface area contributed by atoms with Crippen LogP contribution in [-0.2, 0) is 4.79 Å². The fourth-order valence-electron chi connectivity index (χ4n) is 1.95. The molecule has 1 spiro atoms. The number of carbonyl (C=O) groups is 1. The van der Waals surface area contributed by atoms with Crippen molar-refractivity contribution in [1.82, 2.24) is 0 Å². The van der Waals surface area contributed by atoms with Crippen LogP contribution in [0, 0.1) is 11.8 Å². The SMILES string of the molecule is CC1CC(C(=O)O)CCC12N=N2. The van der Waals surface area contributed by atoms with Gasteiger partial charge in [-0.15, -0.1) is 0 Å². The normalized spacial score (nSPS) is 36.8. The van der Waals surface area contributed by atoms with Gasteiger partial charge in [-0.25, -0.2) is 0 Å². The highest BCUT2D eigenvalue weighted by Gasteiger charge is 2.50. The molecule has 1 aliphatic carbocycles. The Hall–Kier alpha value is -0.930. The first-order chi connectivity index (χ1) is 5.64. The van der Waals surface area contributed by atoms with Gasteiger partial charge in [0.1, 0.15) is 0 Å². The fourth-order valence-corrected chi connectivity index (χ4v) is 1.95. The molecule has 0 saturated heterocycles. The van der Waals surface area contributed by atoms with Gasteiger partial charge in [0.2, 0.25) is 0 Å². The van der Waals surface area contributed by atoms with Gasteiger partial charge in [0.05, 0.1) is 5.92 Å². The van der Waals surface area contributed by atoms with Gasteiger partial charge in [-0.1, -0.05) is 6.92 Å². The molecular weight excluding hydrogens is 156 g/mol. The first-order valence-corrected chi connectivity index (χ1v) is 4.31. The van der Waals surface area contributed by atoms with E-state index in [1.54, 1.807) is 0 Å². The van der Waals surface area contributed by atoms with Crippen molar-refractivity contribution in [3.8, 4) is 0 Å². The monoisotopic (exact) mass is 168 g/mol. The maximum atomic E-state index is 10.7. The number of carboxylic acid groups (broad SMARTS) is 1. The highest BCUT2D eigenvalue weighted by atomic mass is 16.4. The smallest absolute Gasteiger partial charge is 0.306 e. The summed E-state index contributed by atoms with van der Waals surface area (Å²) in [5.41, 5.74) is -0.161. The van der Waals surface area contributed by atoms with Gasteiger partial charge >= 0.3 is 5.97 Å². The molecule has 2 aliphatic rings. The number of aliphatic carboxylic acids is 1. The Morgan fingerprint density at radius 2 is 2.25 bits per heavy atom. The van der Waals surface area contributed by atoms with Crippen molar-refractivity contribution >= 4 is 5.97 Å². The van der Waals surface area contributed by atoms with E-state index in [1.807, 2.05) is 6.92 Å². The predicted octanol–water partition coefficient (Wildman–Crippen LogP) is 1.67. The summed E-state index contributed by atoms with van der Waals surface area (Å²) in [4.78, 5) is 10.7. The molecule has 0 aromatic carbocycles. The van der Waals surface area contributed by atoms with Gasteiger partial charge in [-0.2, -0.15) is 10.2 Å². The average molecular weight is 168 g/mol. The van der Waals surface area contributed by atoms with Crippen molar-refractivity contribution in [2.75, 3.05) is 0 Å². The first kappa shape index (κ1) is 7.71. The van der Waals surface area contributed by atoms with Gasteiger partial charge < -0.3 is 5.11 Å². The Morgan fingerprint density at radius 1 is 1.58 bits per heavy atom. The van der Waals surface area contributed by atoms with Crippen LogP contribution in [0.15, 0.2) is 10.2 Å². The van der Waals surface area contributed by atoms with E-state index in [-0.39, 0.29) is 11.6 Å².